The van der Waals surface area contributed by atoms with Gasteiger partial charge in [0.2, 0.25) is 5.91 Å². The van der Waals surface area contributed by atoms with Gasteiger partial charge in [-0.2, -0.15) is 0 Å². The monoisotopic (exact) mass is 299 g/mol. The molecule has 0 unspecified atom stereocenters. The lowest BCUT2D eigenvalue weighted by Gasteiger charge is -2.37. The van der Waals surface area contributed by atoms with Gasteiger partial charge in [-0.1, -0.05) is 0 Å². The Morgan fingerprint density at radius 3 is 2.43 bits per heavy atom. The molecule has 0 aliphatic carbocycles. The molecule has 6 heteroatoms. The van der Waals surface area contributed by atoms with Gasteiger partial charge < -0.3 is 20.1 Å². The van der Waals surface area contributed by atoms with E-state index in [0.717, 1.165) is 52.1 Å². The zero-order valence-electron chi connectivity index (χ0n) is 13.3. The molecule has 0 radical (unpaired) electrons. The molecule has 0 aromatic heterocycles. The minimum absolute atomic E-state index is 0.0939. The molecule has 0 spiro atoms. The lowest BCUT2D eigenvalue weighted by molar-refractivity contribution is -0.140. The summed E-state index contributed by atoms with van der Waals surface area (Å²) in [5.74, 6) is 0.0939. The maximum Gasteiger partial charge on any atom is 0.248 e. The van der Waals surface area contributed by atoms with Crippen molar-refractivity contribution in [2.24, 2.45) is 0 Å². The van der Waals surface area contributed by atoms with Crippen LogP contribution < -0.4 is 5.32 Å². The first kappa shape index (κ1) is 16.7. The van der Waals surface area contributed by atoms with Crippen LogP contribution in [0.4, 0.5) is 0 Å². The smallest absolute Gasteiger partial charge is 0.248 e. The van der Waals surface area contributed by atoms with Crippen LogP contribution >= 0.6 is 0 Å². The molecule has 0 saturated carbocycles. The Labute approximate surface area is 127 Å². The van der Waals surface area contributed by atoms with Crippen molar-refractivity contribution in [2.75, 3.05) is 52.4 Å². The zero-order valence-corrected chi connectivity index (χ0v) is 13.3. The van der Waals surface area contributed by atoms with Crippen LogP contribution in [0.1, 0.15) is 26.7 Å². The van der Waals surface area contributed by atoms with Crippen LogP contribution in [0.25, 0.3) is 0 Å². The SMILES string of the molecule is CC(C)(O)CN1CCN(C(=O)COC2CCNCC2)CC1. The largest absolute Gasteiger partial charge is 0.389 e. The molecule has 21 heavy (non-hydrogen) atoms. The van der Waals surface area contributed by atoms with E-state index in [2.05, 4.69) is 10.2 Å². The van der Waals surface area contributed by atoms with Crippen molar-refractivity contribution in [3.8, 4) is 0 Å². The number of rotatable bonds is 5. The van der Waals surface area contributed by atoms with Crippen molar-refractivity contribution in [3.63, 3.8) is 0 Å². The molecule has 2 heterocycles. The second-order valence-corrected chi connectivity index (χ2v) is 6.73. The Bertz CT molecular complexity index is 330. The number of amides is 1. The first-order valence-corrected chi connectivity index (χ1v) is 7.99. The van der Waals surface area contributed by atoms with E-state index in [1.54, 1.807) is 0 Å². The highest BCUT2D eigenvalue weighted by molar-refractivity contribution is 5.77. The Hall–Kier alpha value is -0.690. The fourth-order valence-electron chi connectivity index (χ4n) is 2.95. The molecule has 2 rings (SSSR count). The predicted molar refractivity (Wildman–Crippen MR) is 81.2 cm³/mol. The molecule has 2 N–H and O–H groups in total. The van der Waals surface area contributed by atoms with E-state index in [9.17, 15) is 9.90 Å². The van der Waals surface area contributed by atoms with Crippen molar-refractivity contribution in [1.82, 2.24) is 15.1 Å². The van der Waals surface area contributed by atoms with Crippen LogP contribution in [0, 0.1) is 0 Å². The van der Waals surface area contributed by atoms with Gasteiger partial charge in [0.05, 0.1) is 11.7 Å². The van der Waals surface area contributed by atoms with Crippen LogP contribution in [0.2, 0.25) is 0 Å². The standard InChI is InChI=1S/C15H29N3O3/c1-15(2,20)12-17-7-9-18(10-8-17)14(19)11-21-13-3-5-16-6-4-13/h13,16,20H,3-12H2,1-2H3. The van der Waals surface area contributed by atoms with E-state index in [0.29, 0.717) is 6.54 Å². The van der Waals surface area contributed by atoms with Gasteiger partial charge in [0.15, 0.2) is 0 Å². The quantitative estimate of drug-likeness (QED) is 0.728. The number of β-amino-alcohol motifs (C(OH)–C–C–N with tert-alkyl or cyclic N) is 1. The Morgan fingerprint density at radius 2 is 1.86 bits per heavy atom. The zero-order chi connectivity index (χ0) is 15.3. The number of piperidine rings is 1. The summed E-state index contributed by atoms with van der Waals surface area (Å²) in [5.41, 5.74) is -0.676. The molecular weight excluding hydrogens is 270 g/mol. The summed E-state index contributed by atoms with van der Waals surface area (Å²) >= 11 is 0. The van der Waals surface area contributed by atoms with Crippen molar-refractivity contribution >= 4 is 5.91 Å². The molecule has 0 atom stereocenters. The number of ether oxygens (including phenoxy) is 1. The second-order valence-electron chi connectivity index (χ2n) is 6.73. The molecule has 2 fully saturated rings. The molecule has 6 nitrogen and oxygen atoms in total. The van der Waals surface area contributed by atoms with E-state index in [4.69, 9.17) is 4.74 Å². The summed E-state index contributed by atoms with van der Waals surface area (Å²) in [6, 6.07) is 0. The average Bonchev–Trinajstić information content (AvgIpc) is 2.45. The maximum atomic E-state index is 12.2. The molecule has 2 aliphatic rings. The normalized spacial score (nSPS) is 22.5. The third kappa shape index (κ3) is 5.90. The molecule has 2 aliphatic heterocycles. The third-order valence-electron chi connectivity index (χ3n) is 4.06. The van der Waals surface area contributed by atoms with E-state index >= 15 is 0 Å². The minimum atomic E-state index is -0.676. The van der Waals surface area contributed by atoms with Crippen LogP contribution in [-0.4, -0.2) is 84.9 Å². The first-order chi connectivity index (χ1) is 9.94. The van der Waals surface area contributed by atoms with Crippen molar-refractivity contribution in [1.29, 1.82) is 0 Å². The van der Waals surface area contributed by atoms with Crippen LogP contribution in [0.15, 0.2) is 0 Å². The van der Waals surface area contributed by atoms with Gasteiger partial charge in [0.25, 0.3) is 0 Å². The fraction of sp³-hybridized carbons (Fsp3) is 0.933. The number of carbonyl (C=O) groups excluding carboxylic acids is 1. The van der Waals surface area contributed by atoms with E-state index in [1.165, 1.54) is 0 Å². The number of nitrogens with one attached hydrogen (secondary N) is 1. The number of carbonyl (C=O) groups is 1. The van der Waals surface area contributed by atoms with Gasteiger partial charge >= 0.3 is 0 Å². The Morgan fingerprint density at radius 1 is 1.24 bits per heavy atom. The van der Waals surface area contributed by atoms with Crippen molar-refractivity contribution < 1.29 is 14.6 Å². The molecule has 0 aromatic rings. The first-order valence-electron chi connectivity index (χ1n) is 7.99. The van der Waals surface area contributed by atoms with E-state index in [1.807, 2.05) is 18.7 Å². The third-order valence-corrected chi connectivity index (χ3v) is 4.06. The van der Waals surface area contributed by atoms with Crippen molar-refractivity contribution in [3.05, 3.63) is 0 Å². The molecule has 1 amide bonds. The summed E-state index contributed by atoms with van der Waals surface area (Å²) in [6.45, 7) is 9.55. The van der Waals surface area contributed by atoms with Crippen molar-refractivity contribution in [2.45, 2.75) is 38.4 Å². The van der Waals surface area contributed by atoms with Gasteiger partial charge in [0, 0.05) is 32.7 Å². The molecule has 0 aromatic carbocycles. The highest BCUT2D eigenvalue weighted by Crippen LogP contribution is 2.10. The van der Waals surface area contributed by atoms with Crippen LogP contribution in [-0.2, 0) is 9.53 Å². The summed E-state index contributed by atoms with van der Waals surface area (Å²) < 4.78 is 5.72. The number of hydrogen-bond acceptors (Lipinski definition) is 5. The van der Waals surface area contributed by atoms with Crippen LogP contribution in [0.5, 0.6) is 0 Å². The number of piperazine rings is 1. The topological polar surface area (TPSA) is 65.0 Å². The average molecular weight is 299 g/mol. The predicted octanol–water partition coefficient (Wildman–Crippen LogP) is -0.330. The lowest BCUT2D eigenvalue weighted by atomic mass is 10.1. The number of hydrogen-bond donors (Lipinski definition) is 2. The summed E-state index contributed by atoms with van der Waals surface area (Å²) in [6.07, 6.45) is 2.21. The lowest BCUT2D eigenvalue weighted by Crippen LogP contribution is -2.52. The fourth-order valence-corrected chi connectivity index (χ4v) is 2.95. The summed E-state index contributed by atoms with van der Waals surface area (Å²) in [4.78, 5) is 16.2. The van der Waals surface area contributed by atoms with E-state index < -0.39 is 5.60 Å². The molecule has 0 bridgehead atoms. The van der Waals surface area contributed by atoms with Gasteiger partial charge in [-0.25, -0.2) is 0 Å². The van der Waals surface area contributed by atoms with Gasteiger partial charge in [-0.3, -0.25) is 9.69 Å². The van der Waals surface area contributed by atoms with Crippen LogP contribution in [0.3, 0.4) is 0 Å². The molecule has 122 valence electrons. The Kier molecular flexibility index (Phi) is 5.98. The van der Waals surface area contributed by atoms with Gasteiger partial charge in [0.1, 0.15) is 6.61 Å². The highest BCUT2D eigenvalue weighted by atomic mass is 16.5. The maximum absolute atomic E-state index is 12.2. The number of aliphatic hydroxyl groups is 1. The number of nitrogens with zero attached hydrogens (tertiary/aromatic N) is 2. The molecule has 2 saturated heterocycles. The summed E-state index contributed by atoms with van der Waals surface area (Å²) in [7, 11) is 0. The minimum Gasteiger partial charge on any atom is -0.389 e. The Balaban J connectivity index is 1.65. The van der Waals surface area contributed by atoms with Gasteiger partial charge in [-0.15, -0.1) is 0 Å². The second kappa shape index (κ2) is 7.54. The summed E-state index contributed by atoms with van der Waals surface area (Å²) in [5, 5.41) is 13.1. The highest BCUT2D eigenvalue weighted by Gasteiger charge is 2.25. The molecular formula is C15H29N3O3. The van der Waals surface area contributed by atoms with Gasteiger partial charge in [-0.05, 0) is 39.8 Å². The van der Waals surface area contributed by atoms with E-state index in [-0.39, 0.29) is 18.6 Å².